The molecule has 33 heavy (non-hydrogen) atoms. The summed E-state index contributed by atoms with van der Waals surface area (Å²) in [6.07, 6.45) is 5.41. The van der Waals surface area contributed by atoms with Crippen molar-refractivity contribution >= 4 is 11.6 Å². The summed E-state index contributed by atoms with van der Waals surface area (Å²) in [7, 11) is 0. The number of benzene rings is 2. The van der Waals surface area contributed by atoms with Gasteiger partial charge in [0.25, 0.3) is 0 Å². The van der Waals surface area contributed by atoms with Gasteiger partial charge in [-0.05, 0) is 49.6 Å². The number of aromatic nitrogens is 2. The molecule has 1 amide bonds. The molecule has 1 aromatic heterocycles. The van der Waals surface area contributed by atoms with Gasteiger partial charge in [-0.2, -0.15) is 5.26 Å². The van der Waals surface area contributed by atoms with Crippen LogP contribution in [0.3, 0.4) is 0 Å². The van der Waals surface area contributed by atoms with Gasteiger partial charge in [-0.3, -0.25) is 9.69 Å². The number of para-hydroxylation sites is 1. The van der Waals surface area contributed by atoms with E-state index in [1.165, 1.54) is 0 Å². The summed E-state index contributed by atoms with van der Waals surface area (Å²) in [5.74, 6) is 0.144. The predicted octanol–water partition coefficient (Wildman–Crippen LogP) is 3.29. The lowest BCUT2D eigenvalue weighted by atomic mass is 9.85. The second-order valence-corrected chi connectivity index (χ2v) is 8.94. The molecule has 2 fully saturated rings. The Labute approximate surface area is 194 Å². The average molecular weight is 441 g/mol. The maximum absolute atomic E-state index is 12.9. The van der Waals surface area contributed by atoms with E-state index in [0.29, 0.717) is 12.2 Å². The van der Waals surface area contributed by atoms with E-state index in [4.69, 9.17) is 5.26 Å². The van der Waals surface area contributed by atoms with Crippen molar-refractivity contribution in [3.05, 3.63) is 83.9 Å². The number of anilines is 1. The first-order valence-corrected chi connectivity index (χ1v) is 11.4. The molecule has 3 aromatic rings. The summed E-state index contributed by atoms with van der Waals surface area (Å²) in [5.41, 5.74) is 3.59. The first-order valence-electron chi connectivity index (χ1n) is 11.4. The Morgan fingerprint density at radius 1 is 1.12 bits per heavy atom. The number of rotatable bonds is 5. The maximum atomic E-state index is 12.9. The second kappa shape index (κ2) is 8.72. The molecule has 0 unspecified atom stereocenters. The van der Waals surface area contributed by atoms with Crippen LogP contribution in [-0.2, 0) is 11.3 Å². The van der Waals surface area contributed by atoms with Gasteiger partial charge in [-0.1, -0.05) is 30.3 Å². The van der Waals surface area contributed by atoms with Gasteiger partial charge in [0.2, 0.25) is 5.91 Å². The summed E-state index contributed by atoms with van der Waals surface area (Å²) in [6, 6.07) is 20.3. The molecule has 0 saturated carbocycles. The van der Waals surface area contributed by atoms with E-state index < -0.39 is 5.54 Å². The summed E-state index contributed by atoms with van der Waals surface area (Å²) in [5, 5.41) is 12.1. The van der Waals surface area contributed by atoms with Crippen molar-refractivity contribution in [1.29, 1.82) is 5.26 Å². The standard InChI is InChI=1S/C26H28N6O/c1-20(22-9-7-21(15-27)8-10-22)31-18-28-16-24(31)17-30-13-11-26(12-14-30)25(33)29-19-32(26)23-5-3-2-4-6-23/h2-10,16,18,20H,11-14,17,19H2,1H3,(H,29,33)/t20-/m1/s1. The first-order chi connectivity index (χ1) is 16.1. The summed E-state index contributed by atoms with van der Waals surface area (Å²) >= 11 is 0. The van der Waals surface area contributed by atoms with Crippen LogP contribution in [0.2, 0.25) is 0 Å². The summed E-state index contributed by atoms with van der Waals surface area (Å²) < 4.78 is 2.20. The molecule has 1 atom stereocenters. The second-order valence-electron chi connectivity index (χ2n) is 8.94. The minimum absolute atomic E-state index is 0.126. The lowest BCUT2D eigenvalue weighted by molar-refractivity contribution is -0.125. The smallest absolute Gasteiger partial charge is 0.247 e. The van der Waals surface area contributed by atoms with E-state index >= 15 is 0 Å². The number of carbonyl (C=O) groups excluding carboxylic acids is 1. The number of imidazole rings is 1. The topological polar surface area (TPSA) is 77.2 Å². The van der Waals surface area contributed by atoms with Crippen molar-refractivity contribution in [3.8, 4) is 6.07 Å². The van der Waals surface area contributed by atoms with Gasteiger partial charge in [0.1, 0.15) is 5.54 Å². The normalized spacial score (nSPS) is 18.8. The average Bonchev–Trinajstić information content (AvgIpc) is 3.45. The number of nitriles is 1. The quantitative estimate of drug-likeness (QED) is 0.659. The van der Waals surface area contributed by atoms with Gasteiger partial charge in [0, 0.05) is 31.5 Å². The Bertz CT molecular complexity index is 1160. The zero-order valence-corrected chi connectivity index (χ0v) is 18.8. The van der Waals surface area contributed by atoms with E-state index in [9.17, 15) is 4.79 Å². The Hall–Kier alpha value is -3.63. The first kappa shape index (κ1) is 21.2. The number of amides is 1. The molecule has 0 aliphatic carbocycles. The molecule has 7 heteroatoms. The van der Waals surface area contributed by atoms with Crippen molar-refractivity contribution < 1.29 is 4.79 Å². The van der Waals surface area contributed by atoms with Gasteiger partial charge >= 0.3 is 0 Å². The van der Waals surface area contributed by atoms with Crippen LogP contribution in [0.4, 0.5) is 5.69 Å². The van der Waals surface area contributed by atoms with Crippen molar-refractivity contribution in [2.75, 3.05) is 24.7 Å². The summed E-state index contributed by atoms with van der Waals surface area (Å²) in [6.45, 7) is 5.22. The van der Waals surface area contributed by atoms with Crippen LogP contribution in [0.1, 0.15) is 42.6 Å². The number of hydrogen-bond acceptors (Lipinski definition) is 5. The third kappa shape index (κ3) is 3.87. The highest BCUT2D eigenvalue weighted by molar-refractivity contribution is 5.93. The lowest BCUT2D eigenvalue weighted by Gasteiger charge is -2.43. The predicted molar refractivity (Wildman–Crippen MR) is 126 cm³/mol. The molecule has 0 bridgehead atoms. The molecule has 1 spiro atoms. The third-order valence-corrected chi connectivity index (χ3v) is 7.16. The molecule has 168 valence electrons. The lowest BCUT2D eigenvalue weighted by Crippen LogP contribution is -2.56. The Kier molecular flexibility index (Phi) is 5.61. The SMILES string of the molecule is C[C@H](c1ccc(C#N)cc1)n1cncc1CN1CCC2(CC1)C(=O)NCN2c1ccccc1. The van der Waals surface area contributed by atoms with Crippen LogP contribution in [0.15, 0.2) is 67.1 Å². The van der Waals surface area contributed by atoms with Crippen molar-refractivity contribution in [1.82, 2.24) is 19.8 Å². The van der Waals surface area contributed by atoms with E-state index in [1.54, 1.807) is 0 Å². The zero-order chi connectivity index (χ0) is 22.8. The molecular formula is C26H28N6O. The Morgan fingerprint density at radius 2 is 1.85 bits per heavy atom. The molecule has 1 N–H and O–H groups in total. The molecule has 5 rings (SSSR count). The number of nitrogens with zero attached hydrogens (tertiary/aromatic N) is 5. The molecule has 7 nitrogen and oxygen atoms in total. The van der Waals surface area contributed by atoms with Crippen molar-refractivity contribution in [2.24, 2.45) is 0 Å². The molecular weight excluding hydrogens is 412 g/mol. The van der Waals surface area contributed by atoms with Gasteiger partial charge < -0.3 is 14.8 Å². The van der Waals surface area contributed by atoms with Crippen LogP contribution >= 0.6 is 0 Å². The van der Waals surface area contributed by atoms with Crippen LogP contribution in [0.25, 0.3) is 0 Å². The minimum atomic E-state index is -0.464. The number of hydrogen-bond donors (Lipinski definition) is 1. The monoisotopic (exact) mass is 440 g/mol. The number of carbonyl (C=O) groups is 1. The van der Waals surface area contributed by atoms with E-state index in [2.05, 4.69) is 49.8 Å². The minimum Gasteiger partial charge on any atom is -0.339 e. The highest BCUT2D eigenvalue weighted by Crippen LogP contribution is 2.36. The van der Waals surface area contributed by atoms with Crippen molar-refractivity contribution in [2.45, 2.75) is 37.9 Å². The number of piperidine rings is 1. The van der Waals surface area contributed by atoms with Crippen molar-refractivity contribution in [3.63, 3.8) is 0 Å². The van der Waals surface area contributed by atoms with Crippen LogP contribution in [0, 0.1) is 11.3 Å². The fraction of sp³-hybridized carbons (Fsp3) is 0.346. The molecule has 2 aliphatic heterocycles. The fourth-order valence-electron chi connectivity index (χ4n) is 5.14. The summed E-state index contributed by atoms with van der Waals surface area (Å²) in [4.78, 5) is 22.0. The highest BCUT2D eigenvalue weighted by Gasteiger charge is 2.50. The van der Waals surface area contributed by atoms with Gasteiger partial charge in [0.15, 0.2) is 0 Å². The fourth-order valence-corrected chi connectivity index (χ4v) is 5.14. The molecule has 3 heterocycles. The maximum Gasteiger partial charge on any atom is 0.247 e. The Balaban J connectivity index is 1.28. The largest absolute Gasteiger partial charge is 0.339 e. The molecule has 2 aliphatic rings. The zero-order valence-electron chi connectivity index (χ0n) is 18.8. The number of likely N-dealkylation sites (tertiary alicyclic amines) is 1. The highest BCUT2D eigenvalue weighted by atomic mass is 16.2. The molecule has 0 radical (unpaired) electrons. The van der Waals surface area contributed by atoms with Crippen LogP contribution in [-0.4, -0.2) is 45.7 Å². The third-order valence-electron chi connectivity index (χ3n) is 7.16. The van der Waals surface area contributed by atoms with Gasteiger partial charge in [0.05, 0.1) is 36.4 Å². The van der Waals surface area contributed by atoms with Gasteiger partial charge in [-0.25, -0.2) is 4.98 Å². The van der Waals surface area contributed by atoms with Crippen LogP contribution < -0.4 is 10.2 Å². The Morgan fingerprint density at radius 3 is 2.55 bits per heavy atom. The van der Waals surface area contributed by atoms with E-state index in [-0.39, 0.29) is 11.9 Å². The van der Waals surface area contributed by atoms with Gasteiger partial charge in [-0.15, -0.1) is 0 Å². The molecule has 2 saturated heterocycles. The number of nitrogens with one attached hydrogen (secondary N) is 1. The van der Waals surface area contributed by atoms with E-state index in [0.717, 1.165) is 49.4 Å². The molecule has 2 aromatic carbocycles. The van der Waals surface area contributed by atoms with Crippen LogP contribution in [0.5, 0.6) is 0 Å². The van der Waals surface area contributed by atoms with E-state index in [1.807, 2.05) is 55.0 Å².